The molecule has 0 aromatic carbocycles. The SMILES string of the molecule is Cc1noc(CNC(=O)C2CC=CCC2)n1. The lowest BCUT2D eigenvalue weighted by molar-refractivity contribution is -0.125. The first-order valence-corrected chi connectivity index (χ1v) is 5.47. The highest BCUT2D eigenvalue weighted by atomic mass is 16.5. The Hall–Kier alpha value is -1.65. The molecule has 1 aliphatic rings. The number of nitrogens with one attached hydrogen (secondary N) is 1. The van der Waals surface area contributed by atoms with Crippen molar-refractivity contribution in [2.75, 3.05) is 0 Å². The van der Waals surface area contributed by atoms with Crippen molar-refractivity contribution in [3.63, 3.8) is 0 Å². The van der Waals surface area contributed by atoms with E-state index in [0.717, 1.165) is 19.3 Å². The van der Waals surface area contributed by atoms with Gasteiger partial charge in [-0.1, -0.05) is 17.3 Å². The van der Waals surface area contributed by atoms with Crippen LogP contribution in [-0.4, -0.2) is 16.0 Å². The molecule has 0 radical (unpaired) electrons. The molecule has 1 N–H and O–H groups in total. The number of allylic oxidation sites excluding steroid dienone is 2. The minimum Gasteiger partial charge on any atom is -0.347 e. The molecule has 86 valence electrons. The molecule has 1 aromatic heterocycles. The Kier molecular flexibility index (Phi) is 3.34. The fourth-order valence-electron chi connectivity index (χ4n) is 1.75. The van der Waals surface area contributed by atoms with Crippen LogP contribution in [0.4, 0.5) is 0 Å². The van der Waals surface area contributed by atoms with Gasteiger partial charge in [0.05, 0.1) is 6.54 Å². The molecule has 0 bridgehead atoms. The van der Waals surface area contributed by atoms with Crippen molar-refractivity contribution in [3.8, 4) is 0 Å². The number of hydrogen-bond donors (Lipinski definition) is 1. The Labute approximate surface area is 93.9 Å². The molecule has 1 heterocycles. The Morgan fingerprint density at radius 2 is 2.50 bits per heavy atom. The molecule has 1 aromatic rings. The van der Waals surface area contributed by atoms with Gasteiger partial charge >= 0.3 is 0 Å². The highest BCUT2D eigenvalue weighted by Crippen LogP contribution is 2.18. The topological polar surface area (TPSA) is 68.0 Å². The first kappa shape index (κ1) is 10.9. The predicted molar refractivity (Wildman–Crippen MR) is 57.4 cm³/mol. The third-order valence-electron chi connectivity index (χ3n) is 2.62. The zero-order valence-electron chi connectivity index (χ0n) is 9.27. The number of carbonyl (C=O) groups is 1. The monoisotopic (exact) mass is 221 g/mol. The summed E-state index contributed by atoms with van der Waals surface area (Å²) < 4.78 is 4.91. The van der Waals surface area contributed by atoms with Gasteiger partial charge in [-0.05, 0) is 26.2 Å². The van der Waals surface area contributed by atoms with Crippen LogP contribution in [0.3, 0.4) is 0 Å². The highest BCUT2D eigenvalue weighted by Gasteiger charge is 2.18. The van der Waals surface area contributed by atoms with Crippen LogP contribution in [0.25, 0.3) is 0 Å². The van der Waals surface area contributed by atoms with E-state index in [9.17, 15) is 4.79 Å². The molecule has 1 aliphatic carbocycles. The molecule has 1 unspecified atom stereocenters. The summed E-state index contributed by atoms with van der Waals surface area (Å²) in [5, 5.41) is 6.47. The van der Waals surface area contributed by atoms with Gasteiger partial charge in [0.25, 0.3) is 0 Å². The minimum absolute atomic E-state index is 0.0696. The van der Waals surface area contributed by atoms with E-state index < -0.39 is 0 Å². The maximum atomic E-state index is 11.7. The van der Waals surface area contributed by atoms with Gasteiger partial charge in [-0.3, -0.25) is 4.79 Å². The summed E-state index contributed by atoms with van der Waals surface area (Å²) in [5.41, 5.74) is 0. The normalized spacial score (nSPS) is 19.7. The molecule has 0 fully saturated rings. The van der Waals surface area contributed by atoms with E-state index in [1.165, 1.54) is 0 Å². The van der Waals surface area contributed by atoms with E-state index in [1.54, 1.807) is 6.92 Å². The maximum absolute atomic E-state index is 11.7. The summed E-state index contributed by atoms with van der Waals surface area (Å²) in [6.45, 7) is 2.07. The molecular weight excluding hydrogens is 206 g/mol. The van der Waals surface area contributed by atoms with Gasteiger partial charge in [0.15, 0.2) is 5.82 Å². The lowest BCUT2D eigenvalue weighted by Gasteiger charge is -2.16. The second-order valence-electron chi connectivity index (χ2n) is 3.93. The predicted octanol–water partition coefficient (Wildman–Crippen LogP) is 1.35. The van der Waals surface area contributed by atoms with Crippen molar-refractivity contribution in [1.29, 1.82) is 0 Å². The zero-order valence-corrected chi connectivity index (χ0v) is 9.27. The van der Waals surface area contributed by atoms with E-state index in [2.05, 4.69) is 27.6 Å². The van der Waals surface area contributed by atoms with Gasteiger partial charge in [0, 0.05) is 5.92 Å². The average molecular weight is 221 g/mol. The molecule has 0 saturated heterocycles. The van der Waals surface area contributed by atoms with Crippen LogP contribution in [-0.2, 0) is 11.3 Å². The molecular formula is C11H15N3O2. The summed E-state index contributed by atoms with van der Waals surface area (Å²) in [4.78, 5) is 15.8. The van der Waals surface area contributed by atoms with Gasteiger partial charge < -0.3 is 9.84 Å². The summed E-state index contributed by atoms with van der Waals surface area (Å²) >= 11 is 0. The van der Waals surface area contributed by atoms with Crippen LogP contribution in [0.2, 0.25) is 0 Å². The Morgan fingerprint density at radius 1 is 1.62 bits per heavy atom. The van der Waals surface area contributed by atoms with Crippen molar-refractivity contribution in [3.05, 3.63) is 23.9 Å². The molecule has 0 spiro atoms. The highest BCUT2D eigenvalue weighted by molar-refractivity contribution is 5.78. The van der Waals surface area contributed by atoms with Crippen LogP contribution in [0, 0.1) is 12.8 Å². The van der Waals surface area contributed by atoms with Crippen molar-refractivity contribution >= 4 is 5.91 Å². The lowest BCUT2D eigenvalue weighted by atomic mass is 9.94. The Bertz CT molecular complexity index is 398. The quantitative estimate of drug-likeness (QED) is 0.782. The number of hydrogen-bond acceptors (Lipinski definition) is 4. The molecule has 0 aliphatic heterocycles. The second-order valence-corrected chi connectivity index (χ2v) is 3.93. The largest absolute Gasteiger partial charge is 0.347 e. The summed E-state index contributed by atoms with van der Waals surface area (Å²) in [5.74, 6) is 1.20. The molecule has 1 atom stereocenters. The van der Waals surface area contributed by atoms with E-state index >= 15 is 0 Å². The van der Waals surface area contributed by atoms with Gasteiger partial charge in [0.1, 0.15) is 0 Å². The second kappa shape index (κ2) is 4.92. The first-order chi connectivity index (χ1) is 7.75. The number of nitrogens with zero attached hydrogens (tertiary/aromatic N) is 2. The summed E-state index contributed by atoms with van der Waals surface area (Å²) in [7, 11) is 0. The Morgan fingerprint density at radius 3 is 3.12 bits per heavy atom. The number of carbonyl (C=O) groups excluding carboxylic acids is 1. The zero-order chi connectivity index (χ0) is 11.4. The fraction of sp³-hybridized carbons (Fsp3) is 0.545. The number of aromatic nitrogens is 2. The van der Waals surface area contributed by atoms with Crippen LogP contribution >= 0.6 is 0 Å². The summed E-state index contributed by atoms with van der Waals surface area (Å²) in [6.07, 6.45) is 6.91. The van der Waals surface area contributed by atoms with E-state index in [1.807, 2.05) is 0 Å². The molecule has 0 saturated carbocycles. The molecule has 5 heteroatoms. The molecule has 2 rings (SSSR count). The van der Waals surface area contributed by atoms with Crippen molar-refractivity contribution < 1.29 is 9.32 Å². The third kappa shape index (κ3) is 2.68. The number of amides is 1. The van der Waals surface area contributed by atoms with Gasteiger partial charge in [-0.25, -0.2) is 0 Å². The fourth-order valence-corrected chi connectivity index (χ4v) is 1.75. The first-order valence-electron chi connectivity index (χ1n) is 5.47. The van der Waals surface area contributed by atoms with E-state index in [-0.39, 0.29) is 11.8 Å². The van der Waals surface area contributed by atoms with Crippen molar-refractivity contribution in [2.45, 2.75) is 32.7 Å². The van der Waals surface area contributed by atoms with Crippen molar-refractivity contribution in [2.24, 2.45) is 5.92 Å². The van der Waals surface area contributed by atoms with Crippen LogP contribution in [0.1, 0.15) is 31.0 Å². The van der Waals surface area contributed by atoms with Gasteiger partial charge in [0.2, 0.25) is 11.8 Å². The van der Waals surface area contributed by atoms with E-state index in [4.69, 9.17) is 4.52 Å². The van der Waals surface area contributed by atoms with Gasteiger partial charge in [-0.2, -0.15) is 4.98 Å². The molecule has 1 amide bonds. The van der Waals surface area contributed by atoms with E-state index in [0.29, 0.717) is 18.3 Å². The Balaban J connectivity index is 1.81. The van der Waals surface area contributed by atoms with Crippen LogP contribution in [0.5, 0.6) is 0 Å². The van der Waals surface area contributed by atoms with Crippen molar-refractivity contribution in [1.82, 2.24) is 15.5 Å². The number of rotatable bonds is 3. The smallest absolute Gasteiger partial charge is 0.246 e. The molecule has 5 nitrogen and oxygen atoms in total. The molecule has 16 heavy (non-hydrogen) atoms. The lowest BCUT2D eigenvalue weighted by Crippen LogP contribution is -2.30. The average Bonchev–Trinajstić information content (AvgIpc) is 2.73. The van der Waals surface area contributed by atoms with Crippen LogP contribution in [0.15, 0.2) is 16.7 Å². The number of aryl methyl sites for hydroxylation is 1. The standard InChI is InChI=1S/C11H15N3O2/c1-8-13-10(16-14-8)7-12-11(15)9-5-3-2-4-6-9/h2-3,9H,4-7H2,1H3,(H,12,15). The van der Waals surface area contributed by atoms with Crippen LogP contribution < -0.4 is 5.32 Å². The third-order valence-corrected chi connectivity index (χ3v) is 2.62. The summed E-state index contributed by atoms with van der Waals surface area (Å²) in [6, 6.07) is 0. The van der Waals surface area contributed by atoms with Gasteiger partial charge in [-0.15, -0.1) is 0 Å². The maximum Gasteiger partial charge on any atom is 0.246 e. The minimum atomic E-state index is 0.0696.